The van der Waals surface area contributed by atoms with E-state index < -0.39 is 31.4 Å². The van der Waals surface area contributed by atoms with Gasteiger partial charge >= 0.3 is 0 Å². The molecule has 5 aromatic rings. The van der Waals surface area contributed by atoms with Crippen LogP contribution in [0.5, 0.6) is 5.88 Å². The van der Waals surface area contributed by atoms with Crippen LogP contribution in [0.4, 0.5) is 28.4 Å². The lowest BCUT2D eigenvalue weighted by Crippen LogP contribution is -2.55. The van der Waals surface area contributed by atoms with Crippen molar-refractivity contribution in [2.24, 2.45) is 17.3 Å². The van der Waals surface area contributed by atoms with Gasteiger partial charge < -0.3 is 34.3 Å². The lowest BCUT2D eigenvalue weighted by molar-refractivity contribution is -0.384. The van der Waals surface area contributed by atoms with E-state index in [4.69, 9.17) is 19.2 Å². The quantitative estimate of drug-likeness (QED) is 0.0798. The predicted molar refractivity (Wildman–Crippen MR) is 264 cm³/mol. The number of nitro groups is 1. The number of pyridine rings is 1. The summed E-state index contributed by atoms with van der Waals surface area (Å²) in [6.07, 6.45) is 10.2. The molecule has 1 spiro atoms. The van der Waals surface area contributed by atoms with Crippen LogP contribution in [-0.2, 0) is 19.5 Å². The van der Waals surface area contributed by atoms with E-state index >= 15 is 0 Å². The number of nitrogens with one attached hydrogen (secondary N) is 3. The monoisotopic (exact) mass is 958 g/mol. The molecule has 3 atom stereocenters. The number of hydrogen-bond donors (Lipinski definition) is 3. The Kier molecular flexibility index (Phi) is 12.3. The molecular formula is C52H62N8O8S. The third-order valence-electron chi connectivity index (χ3n) is 16.0. The van der Waals surface area contributed by atoms with Gasteiger partial charge in [-0.2, -0.15) is 4.98 Å². The Labute approximate surface area is 403 Å². The van der Waals surface area contributed by atoms with E-state index in [2.05, 4.69) is 62.9 Å². The van der Waals surface area contributed by atoms with Gasteiger partial charge in [0.05, 0.1) is 34.3 Å². The minimum atomic E-state index is -4.58. The molecular weight excluding hydrogens is 897 g/mol. The van der Waals surface area contributed by atoms with Crippen LogP contribution in [0.25, 0.3) is 11.0 Å². The van der Waals surface area contributed by atoms with Gasteiger partial charge in [-0.1, -0.05) is 38.1 Å². The smallest absolute Gasteiger partial charge is 0.293 e. The Bertz CT molecular complexity index is 2850. The molecule has 7 heterocycles. The number of carbonyl (C=O) groups excluding carboxylic acids is 1. The van der Waals surface area contributed by atoms with E-state index in [0.29, 0.717) is 85.8 Å². The number of rotatable bonds is 12. The van der Waals surface area contributed by atoms with Crippen molar-refractivity contribution in [1.82, 2.24) is 19.6 Å². The second kappa shape index (κ2) is 18.5. The Hall–Kier alpha value is -5.75. The van der Waals surface area contributed by atoms with Gasteiger partial charge in [-0.15, -0.1) is 0 Å². The predicted octanol–water partition coefficient (Wildman–Crippen LogP) is 8.68. The largest absolute Gasteiger partial charge is 0.470 e. The third kappa shape index (κ3) is 8.91. The average molecular weight is 959 g/mol. The minimum Gasteiger partial charge on any atom is -0.470 e. The Morgan fingerprint density at radius 2 is 1.77 bits per heavy atom. The zero-order valence-electron chi connectivity index (χ0n) is 39.4. The first kappa shape index (κ1) is 45.7. The summed E-state index contributed by atoms with van der Waals surface area (Å²) in [5, 5.41) is 16.3. The summed E-state index contributed by atoms with van der Waals surface area (Å²) < 4.78 is 48.4. The van der Waals surface area contributed by atoms with Crippen LogP contribution in [-0.4, -0.2) is 105 Å². The van der Waals surface area contributed by atoms with Crippen molar-refractivity contribution >= 4 is 55.4 Å². The van der Waals surface area contributed by atoms with E-state index in [1.807, 2.05) is 35.4 Å². The van der Waals surface area contributed by atoms with Crippen LogP contribution >= 0.6 is 0 Å². The molecule has 4 saturated heterocycles. The number of likely N-dealkylation sites (tertiary alicyclic amines) is 1. The number of fused-ring (bicyclic) bond motifs is 3. The number of anilines is 4. The van der Waals surface area contributed by atoms with Gasteiger partial charge in [-0.25, -0.2) is 13.1 Å². The summed E-state index contributed by atoms with van der Waals surface area (Å²) in [4.78, 5) is 41.2. The molecule has 1 saturated carbocycles. The number of ether oxygens (including phenoxy) is 3. The normalized spacial score (nSPS) is 23.1. The van der Waals surface area contributed by atoms with Crippen LogP contribution in [0, 0.1) is 27.4 Å². The van der Waals surface area contributed by atoms with Gasteiger partial charge in [0.2, 0.25) is 5.88 Å². The molecule has 17 heteroatoms. The molecule has 2 aromatic heterocycles. The topological polar surface area (TPSA) is 184 Å². The fraction of sp³-hybridized carbons (Fsp3) is 0.500. The fourth-order valence-electron chi connectivity index (χ4n) is 12.1. The highest BCUT2D eigenvalue weighted by molar-refractivity contribution is 7.90. The number of sulfonamides is 1. The van der Waals surface area contributed by atoms with E-state index in [1.165, 1.54) is 48.9 Å². The van der Waals surface area contributed by atoms with Crippen molar-refractivity contribution in [3.8, 4) is 5.88 Å². The molecule has 0 radical (unpaired) electrons. The zero-order valence-corrected chi connectivity index (χ0v) is 40.2. The first-order valence-electron chi connectivity index (χ1n) is 24.8. The van der Waals surface area contributed by atoms with Crippen molar-refractivity contribution in [1.29, 1.82) is 0 Å². The van der Waals surface area contributed by atoms with Gasteiger partial charge in [0.15, 0.2) is 0 Å². The lowest BCUT2D eigenvalue weighted by atomic mass is 9.59. The second-order valence-corrected chi connectivity index (χ2v) is 22.2. The fourth-order valence-corrected chi connectivity index (χ4v) is 13.1. The molecule has 364 valence electrons. The number of carbonyl (C=O) groups is 1. The molecule has 16 nitrogen and oxygen atoms in total. The molecule has 5 aliphatic heterocycles. The van der Waals surface area contributed by atoms with Gasteiger partial charge in [0, 0.05) is 80.7 Å². The Morgan fingerprint density at radius 1 is 0.957 bits per heavy atom. The SMILES string of the molecule is CC(C)c1ccccc1[C@@H]1CCCN1C1CC2(CCN(c3ccc(C(=O)NS(=O)(=O)c4ccc(NCC5CCOCC5)c([N+](=O)[O-])c4)c(N4C[C@H]5COC[C@H]5Oc5nc6[nH]ccc6cc54)c3)CC2)C1. The van der Waals surface area contributed by atoms with Crippen LogP contribution in [0.2, 0.25) is 0 Å². The highest BCUT2D eigenvalue weighted by Crippen LogP contribution is 2.54. The van der Waals surface area contributed by atoms with Gasteiger partial charge in [-0.3, -0.25) is 19.8 Å². The number of H-pyrrole nitrogens is 1. The molecule has 11 rings (SSSR count). The number of amides is 1. The molecule has 6 aliphatic rings. The summed E-state index contributed by atoms with van der Waals surface area (Å²) in [6.45, 7) is 10.5. The number of benzene rings is 3. The Morgan fingerprint density at radius 3 is 2.57 bits per heavy atom. The second-order valence-electron chi connectivity index (χ2n) is 20.5. The average Bonchev–Trinajstić information content (AvgIpc) is 4.12. The maximum atomic E-state index is 14.6. The molecule has 1 amide bonds. The summed E-state index contributed by atoms with van der Waals surface area (Å²) in [6, 6.07) is 23.3. The van der Waals surface area contributed by atoms with Gasteiger partial charge in [0.1, 0.15) is 23.1 Å². The van der Waals surface area contributed by atoms with E-state index in [-0.39, 0.29) is 29.2 Å². The number of nitrogens with zero attached hydrogens (tertiary/aromatic N) is 5. The van der Waals surface area contributed by atoms with Crippen LogP contribution < -0.4 is 24.6 Å². The number of aromatic nitrogens is 2. The molecule has 0 unspecified atom stereocenters. The van der Waals surface area contributed by atoms with Crippen LogP contribution in [0.15, 0.2) is 83.9 Å². The molecule has 3 aromatic carbocycles. The highest BCUT2D eigenvalue weighted by atomic mass is 32.2. The van der Waals surface area contributed by atoms with Crippen molar-refractivity contribution < 1.29 is 32.3 Å². The van der Waals surface area contributed by atoms with E-state index in [1.54, 1.807) is 6.07 Å². The first-order valence-corrected chi connectivity index (χ1v) is 26.3. The number of hydrogen-bond acceptors (Lipinski definition) is 13. The number of nitro benzene ring substituents is 1. The van der Waals surface area contributed by atoms with E-state index in [9.17, 15) is 23.3 Å². The highest BCUT2D eigenvalue weighted by Gasteiger charge is 2.50. The zero-order chi connectivity index (χ0) is 47.4. The lowest BCUT2D eigenvalue weighted by Gasteiger charge is -2.56. The van der Waals surface area contributed by atoms with Gasteiger partial charge in [0.25, 0.3) is 21.6 Å². The van der Waals surface area contributed by atoms with Crippen molar-refractivity contribution in [3.63, 3.8) is 0 Å². The molecule has 5 fully saturated rings. The molecule has 1 aliphatic carbocycles. The maximum Gasteiger partial charge on any atom is 0.293 e. The summed E-state index contributed by atoms with van der Waals surface area (Å²) in [5.41, 5.74) is 5.94. The van der Waals surface area contributed by atoms with Crippen LogP contribution in [0.1, 0.15) is 98.7 Å². The summed E-state index contributed by atoms with van der Waals surface area (Å²) in [7, 11) is -4.58. The molecule has 69 heavy (non-hydrogen) atoms. The maximum absolute atomic E-state index is 14.6. The molecule has 3 N–H and O–H groups in total. The first-order chi connectivity index (χ1) is 33.4. The summed E-state index contributed by atoms with van der Waals surface area (Å²) in [5.74, 6) is 0.213. The van der Waals surface area contributed by atoms with Crippen molar-refractivity contribution in [2.75, 3.05) is 74.3 Å². The number of aromatic amines is 1. The summed E-state index contributed by atoms with van der Waals surface area (Å²) >= 11 is 0. The van der Waals surface area contributed by atoms with Crippen molar-refractivity contribution in [2.45, 2.75) is 94.2 Å². The van der Waals surface area contributed by atoms with Crippen molar-refractivity contribution in [3.05, 3.63) is 106 Å². The third-order valence-corrected chi connectivity index (χ3v) is 17.3. The Balaban J connectivity index is 0.867. The standard InChI is InChI=1S/C52H62N8O8S/c1-33(2)40-6-3-4-7-41(40)44-8-5-19-58(44)38-27-52(28-38)16-20-57(21-17-52)37-9-11-42(45(25-37)59-30-36-31-67-32-48(36)68-51-47(59)24-35-13-18-53-49(35)55-51)50(61)56-69(64,65)39-10-12-43(46(26-39)60(62)63)54-29-34-14-22-66-23-15-34/h3-4,6-7,9-13,18,24-26,33-34,36,38,44,48,54H,5,8,14-17,19-23,27-32H2,1-2H3,(H,53,55)(H,56,61)/t36-,44-,48+/m0/s1. The van der Waals surface area contributed by atoms with Crippen LogP contribution in [0.3, 0.4) is 0 Å². The minimum absolute atomic E-state index is 0.0737. The molecule has 0 bridgehead atoms. The van der Waals surface area contributed by atoms with Gasteiger partial charge in [-0.05, 0) is 129 Å². The van der Waals surface area contributed by atoms with E-state index in [0.717, 1.165) is 62.5 Å². The number of piperidine rings is 1.